The van der Waals surface area contributed by atoms with Crippen molar-refractivity contribution in [2.45, 2.75) is 19.3 Å². The van der Waals surface area contributed by atoms with Crippen LogP contribution in [0, 0.1) is 0 Å². The van der Waals surface area contributed by atoms with Crippen LogP contribution >= 0.6 is 0 Å². The molecule has 2 aromatic carbocycles. The quantitative estimate of drug-likeness (QED) is 0.140. The Labute approximate surface area is 265 Å². The molecule has 0 amide bonds. The minimum atomic E-state index is -0.162. The molecule has 1 aliphatic carbocycles. The zero-order valence-electron chi connectivity index (χ0n) is 28.4. The fourth-order valence-electron chi connectivity index (χ4n) is 4.95. The van der Waals surface area contributed by atoms with Gasteiger partial charge in [-0.1, -0.05) is 0 Å². The Bertz CT molecular complexity index is 1300. The Morgan fingerprint density at radius 1 is 0.750 bits per heavy atom. The number of nitrogens with zero attached hydrogens (tertiary/aromatic N) is 5. The second-order valence-corrected chi connectivity index (χ2v) is 14.0. The van der Waals surface area contributed by atoms with E-state index in [0.29, 0.717) is 17.1 Å². The van der Waals surface area contributed by atoms with Crippen molar-refractivity contribution in [1.82, 2.24) is 4.90 Å². The highest BCUT2D eigenvalue weighted by Gasteiger charge is 2.18. The van der Waals surface area contributed by atoms with Crippen LogP contribution in [0.25, 0.3) is 0 Å². The molecule has 0 atom stereocenters. The Balaban J connectivity index is 1.66. The SMILES string of the molecule is CN(C)CCCN(CCC[N+](C)(C)C)c1ccc(NC2=C/C(=N\c3ccc(NCCC[N+](C)(C)C)cc3)C(N)=CC2=O)cc1. The number of allylic oxidation sites excluding steroid dienone is 2. The average Bonchev–Trinajstić information content (AvgIpc) is 2.93. The lowest BCUT2D eigenvalue weighted by Crippen LogP contribution is -2.38. The number of nitrogens with two attached hydrogens (primary N) is 1. The van der Waals surface area contributed by atoms with Gasteiger partial charge in [-0.3, -0.25) is 4.79 Å². The van der Waals surface area contributed by atoms with Crippen LogP contribution in [0.1, 0.15) is 19.3 Å². The highest BCUT2D eigenvalue weighted by molar-refractivity contribution is 6.23. The number of anilines is 3. The molecule has 0 aromatic heterocycles. The van der Waals surface area contributed by atoms with E-state index in [1.54, 1.807) is 6.08 Å². The summed E-state index contributed by atoms with van der Waals surface area (Å²) in [6.07, 6.45) is 6.50. The van der Waals surface area contributed by atoms with E-state index in [9.17, 15) is 4.79 Å². The molecular formula is C35H56N8O+2. The van der Waals surface area contributed by atoms with Gasteiger partial charge in [0.1, 0.15) is 0 Å². The number of benzene rings is 2. The molecule has 3 rings (SSSR count). The molecule has 0 fully saturated rings. The van der Waals surface area contributed by atoms with Crippen molar-refractivity contribution < 1.29 is 13.8 Å². The number of nitrogens with one attached hydrogen (secondary N) is 2. The molecule has 0 unspecified atom stereocenters. The third-order valence-corrected chi connectivity index (χ3v) is 7.38. The highest BCUT2D eigenvalue weighted by Crippen LogP contribution is 2.23. The largest absolute Gasteiger partial charge is 0.397 e. The summed E-state index contributed by atoms with van der Waals surface area (Å²) in [5, 5.41) is 6.77. The molecule has 240 valence electrons. The van der Waals surface area contributed by atoms with Gasteiger partial charge in [0.05, 0.1) is 78.2 Å². The lowest BCUT2D eigenvalue weighted by Gasteiger charge is -2.29. The maximum absolute atomic E-state index is 12.8. The zero-order chi connectivity index (χ0) is 32.3. The normalized spacial score (nSPS) is 14.9. The van der Waals surface area contributed by atoms with Crippen LogP contribution in [-0.2, 0) is 4.79 Å². The third kappa shape index (κ3) is 12.5. The van der Waals surface area contributed by atoms with Crippen molar-refractivity contribution in [2.75, 3.05) is 111 Å². The molecule has 0 spiro atoms. The van der Waals surface area contributed by atoms with Gasteiger partial charge in [-0.25, -0.2) is 4.99 Å². The van der Waals surface area contributed by atoms with Gasteiger partial charge in [0.2, 0.25) is 5.78 Å². The zero-order valence-corrected chi connectivity index (χ0v) is 28.4. The van der Waals surface area contributed by atoms with Gasteiger partial charge in [-0.2, -0.15) is 0 Å². The van der Waals surface area contributed by atoms with Crippen molar-refractivity contribution in [1.29, 1.82) is 0 Å². The van der Waals surface area contributed by atoms with Crippen LogP contribution in [0.2, 0.25) is 0 Å². The van der Waals surface area contributed by atoms with E-state index in [-0.39, 0.29) is 5.78 Å². The highest BCUT2D eigenvalue weighted by atomic mass is 16.1. The summed E-state index contributed by atoms with van der Waals surface area (Å²) >= 11 is 0. The molecule has 2 aromatic rings. The van der Waals surface area contributed by atoms with Crippen LogP contribution in [0.3, 0.4) is 0 Å². The first-order valence-electron chi connectivity index (χ1n) is 15.7. The van der Waals surface area contributed by atoms with E-state index < -0.39 is 0 Å². The summed E-state index contributed by atoms with van der Waals surface area (Å²) in [6, 6.07) is 16.3. The van der Waals surface area contributed by atoms with E-state index >= 15 is 0 Å². The monoisotopic (exact) mass is 604 g/mol. The van der Waals surface area contributed by atoms with Gasteiger partial charge in [0.25, 0.3) is 0 Å². The summed E-state index contributed by atoms with van der Waals surface area (Å²) in [4.78, 5) is 22.2. The Morgan fingerprint density at radius 2 is 1.34 bits per heavy atom. The molecule has 0 aliphatic heterocycles. The molecule has 0 bridgehead atoms. The van der Waals surface area contributed by atoms with Gasteiger partial charge < -0.3 is 35.1 Å². The molecule has 9 heteroatoms. The minimum absolute atomic E-state index is 0.162. The van der Waals surface area contributed by atoms with Crippen molar-refractivity contribution in [3.8, 4) is 0 Å². The summed E-state index contributed by atoms with van der Waals surface area (Å²) in [7, 11) is 17.6. The topological polar surface area (TPSA) is 86.0 Å². The summed E-state index contributed by atoms with van der Waals surface area (Å²) in [6.45, 7) is 6.23. The fourth-order valence-corrected chi connectivity index (χ4v) is 4.95. The number of hydrogen-bond acceptors (Lipinski definition) is 7. The van der Waals surface area contributed by atoms with Crippen LogP contribution in [0.5, 0.6) is 0 Å². The molecule has 9 nitrogen and oxygen atoms in total. The lowest BCUT2D eigenvalue weighted by molar-refractivity contribution is -0.870. The number of aliphatic imine (C=N–C) groups is 1. The molecular weight excluding hydrogens is 548 g/mol. The van der Waals surface area contributed by atoms with Crippen LogP contribution in [0.15, 0.2) is 77.1 Å². The average molecular weight is 605 g/mol. The second kappa shape index (κ2) is 15.9. The van der Waals surface area contributed by atoms with Crippen molar-refractivity contribution in [3.63, 3.8) is 0 Å². The van der Waals surface area contributed by atoms with E-state index in [2.05, 4.69) is 88.9 Å². The molecule has 0 heterocycles. The predicted octanol–water partition coefficient (Wildman–Crippen LogP) is 4.54. The van der Waals surface area contributed by atoms with E-state index in [0.717, 1.165) is 84.6 Å². The number of quaternary nitrogens is 2. The minimum Gasteiger partial charge on any atom is -0.397 e. The predicted molar refractivity (Wildman–Crippen MR) is 188 cm³/mol. The number of hydrogen-bond donors (Lipinski definition) is 3. The van der Waals surface area contributed by atoms with Crippen molar-refractivity contribution >= 4 is 34.2 Å². The maximum Gasteiger partial charge on any atom is 0.204 e. The third-order valence-electron chi connectivity index (χ3n) is 7.38. The van der Waals surface area contributed by atoms with Gasteiger partial charge in [0.15, 0.2) is 0 Å². The Morgan fingerprint density at radius 3 is 1.95 bits per heavy atom. The fraction of sp³-hybridized carbons (Fsp3) is 0.486. The smallest absolute Gasteiger partial charge is 0.204 e. The summed E-state index contributed by atoms with van der Waals surface area (Å²) < 4.78 is 1.92. The molecule has 44 heavy (non-hydrogen) atoms. The van der Waals surface area contributed by atoms with Gasteiger partial charge in [0, 0.05) is 55.6 Å². The number of carbonyl (C=O) groups excluding carboxylic acids is 1. The Hall–Kier alpha value is -3.66. The lowest BCUT2D eigenvalue weighted by atomic mass is 10.1. The molecule has 0 saturated heterocycles. The first-order chi connectivity index (χ1) is 20.7. The summed E-state index contributed by atoms with van der Waals surface area (Å²) in [5.41, 5.74) is 11.5. The number of ketones is 1. The molecule has 0 saturated carbocycles. The van der Waals surface area contributed by atoms with Gasteiger partial charge >= 0.3 is 0 Å². The first-order valence-corrected chi connectivity index (χ1v) is 15.7. The van der Waals surface area contributed by atoms with Crippen molar-refractivity contribution in [2.24, 2.45) is 10.7 Å². The van der Waals surface area contributed by atoms with Gasteiger partial charge in [-0.15, -0.1) is 0 Å². The molecule has 1 aliphatic rings. The maximum atomic E-state index is 12.8. The number of carbonyl (C=O) groups is 1. The Kier molecular flexibility index (Phi) is 12.6. The standard InChI is InChI=1S/C35H55N8O/c1-40(2)21-10-22-41(23-11-25-43(6,7)8)31-18-16-30(17-19-31)39-34-27-33(32(36)26-35(34)44)38-29-14-12-28(13-15-29)37-20-9-24-42(3,4)5/h12-19,26-27H,9-11,20-25H2,1-8H3,(H3-,36,37,38,39,44)/q+1/p+1. The van der Waals surface area contributed by atoms with E-state index in [1.165, 1.54) is 11.8 Å². The van der Waals surface area contributed by atoms with Crippen LogP contribution < -0.4 is 21.3 Å². The summed E-state index contributed by atoms with van der Waals surface area (Å²) in [5.74, 6) is -0.162. The van der Waals surface area contributed by atoms with E-state index in [1.807, 2.05) is 36.4 Å². The molecule has 4 N–H and O–H groups in total. The van der Waals surface area contributed by atoms with Gasteiger partial charge in [-0.05, 0) is 81.7 Å². The molecule has 0 radical (unpaired) electrons. The second-order valence-electron chi connectivity index (χ2n) is 14.0. The number of rotatable bonds is 17. The van der Waals surface area contributed by atoms with Crippen molar-refractivity contribution in [3.05, 3.63) is 72.1 Å². The first kappa shape index (κ1) is 34.8. The van der Waals surface area contributed by atoms with E-state index in [4.69, 9.17) is 10.7 Å². The van der Waals surface area contributed by atoms with Crippen LogP contribution in [0.4, 0.5) is 22.7 Å². The van der Waals surface area contributed by atoms with Crippen LogP contribution in [-0.4, -0.2) is 121 Å².